The van der Waals surface area contributed by atoms with E-state index in [9.17, 15) is 0 Å². The minimum atomic E-state index is 0.885. The van der Waals surface area contributed by atoms with Crippen LogP contribution in [0.5, 0.6) is 0 Å². The number of fused-ring (bicyclic) bond motifs is 10. The van der Waals surface area contributed by atoms with E-state index in [1.54, 1.807) is 0 Å². The standard InChI is InChI=1S/C46H29NO/c1-2-12-30(13-3-1)35-17-10-11-21-41(35)47(34-24-27-43-40(29-34)46-37-19-8-5-15-32(37)23-26-44(46)48-43)42-28-33-16-6-9-20-38(33)45-36-18-7-4-14-31(36)22-25-39(42)45/h1-29H. The molecule has 9 aromatic carbocycles. The van der Waals surface area contributed by atoms with Gasteiger partial charge in [-0.2, -0.15) is 0 Å². The fourth-order valence-corrected chi connectivity index (χ4v) is 7.65. The minimum absolute atomic E-state index is 0.885. The molecule has 0 spiro atoms. The zero-order valence-electron chi connectivity index (χ0n) is 26.1. The average molecular weight is 612 g/mol. The normalized spacial score (nSPS) is 11.8. The SMILES string of the molecule is c1ccc(-c2ccccc2N(c2ccc3oc4ccc5ccccc5c4c3c2)c2cc3ccccc3c3c2ccc2ccccc23)cc1. The van der Waals surface area contributed by atoms with Crippen molar-refractivity contribution < 1.29 is 4.42 Å². The van der Waals surface area contributed by atoms with Crippen LogP contribution in [-0.2, 0) is 0 Å². The quantitative estimate of drug-likeness (QED) is 0.184. The third-order valence-corrected chi connectivity index (χ3v) is 9.80. The zero-order chi connectivity index (χ0) is 31.6. The maximum absolute atomic E-state index is 6.46. The molecular weight excluding hydrogens is 583 g/mol. The summed E-state index contributed by atoms with van der Waals surface area (Å²) in [6.45, 7) is 0. The number of benzene rings is 9. The van der Waals surface area contributed by atoms with Gasteiger partial charge < -0.3 is 9.32 Å². The van der Waals surface area contributed by atoms with Crippen molar-refractivity contribution in [2.24, 2.45) is 0 Å². The second-order valence-corrected chi connectivity index (χ2v) is 12.5. The van der Waals surface area contributed by atoms with Gasteiger partial charge in [-0.25, -0.2) is 0 Å². The van der Waals surface area contributed by atoms with Crippen molar-refractivity contribution in [3.8, 4) is 11.1 Å². The van der Waals surface area contributed by atoms with Crippen LogP contribution in [0, 0.1) is 0 Å². The molecule has 0 radical (unpaired) electrons. The van der Waals surface area contributed by atoms with Crippen molar-refractivity contribution in [3.63, 3.8) is 0 Å². The van der Waals surface area contributed by atoms with E-state index < -0.39 is 0 Å². The number of hydrogen-bond acceptors (Lipinski definition) is 2. The van der Waals surface area contributed by atoms with Crippen molar-refractivity contribution in [2.75, 3.05) is 4.90 Å². The Labute approximate surface area is 277 Å². The van der Waals surface area contributed by atoms with Crippen molar-refractivity contribution in [3.05, 3.63) is 176 Å². The molecule has 1 aromatic heterocycles. The summed E-state index contributed by atoms with van der Waals surface area (Å²) >= 11 is 0. The van der Waals surface area contributed by atoms with Gasteiger partial charge in [0.05, 0.1) is 11.4 Å². The predicted molar refractivity (Wildman–Crippen MR) is 204 cm³/mol. The van der Waals surface area contributed by atoms with Crippen molar-refractivity contribution in [1.29, 1.82) is 0 Å². The third-order valence-electron chi connectivity index (χ3n) is 9.80. The lowest BCUT2D eigenvalue weighted by Crippen LogP contribution is -2.12. The first-order chi connectivity index (χ1) is 23.8. The second kappa shape index (κ2) is 10.6. The molecule has 0 saturated carbocycles. The lowest BCUT2D eigenvalue weighted by molar-refractivity contribution is 0.669. The fraction of sp³-hybridized carbons (Fsp3) is 0. The highest BCUT2D eigenvalue weighted by atomic mass is 16.3. The van der Waals surface area contributed by atoms with Gasteiger partial charge in [-0.15, -0.1) is 0 Å². The first-order valence-corrected chi connectivity index (χ1v) is 16.4. The molecule has 10 rings (SSSR count). The Morgan fingerprint density at radius 3 is 1.75 bits per heavy atom. The van der Waals surface area contributed by atoms with Crippen molar-refractivity contribution in [2.45, 2.75) is 0 Å². The molecule has 0 bridgehead atoms. The average Bonchev–Trinajstić information content (AvgIpc) is 3.54. The summed E-state index contributed by atoms with van der Waals surface area (Å²) in [7, 11) is 0. The second-order valence-electron chi connectivity index (χ2n) is 12.5. The van der Waals surface area contributed by atoms with Gasteiger partial charge in [-0.3, -0.25) is 0 Å². The maximum atomic E-state index is 6.46. The van der Waals surface area contributed by atoms with E-state index in [0.29, 0.717) is 0 Å². The summed E-state index contributed by atoms with van der Waals surface area (Å²) in [6, 6.07) is 63.4. The van der Waals surface area contributed by atoms with Crippen LogP contribution in [-0.4, -0.2) is 0 Å². The van der Waals surface area contributed by atoms with Crippen LogP contribution in [0.1, 0.15) is 0 Å². The Bertz CT molecular complexity index is 2830. The van der Waals surface area contributed by atoms with Crippen LogP contribution in [0.3, 0.4) is 0 Å². The summed E-state index contributed by atoms with van der Waals surface area (Å²) in [6.07, 6.45) is 0. The lowest BCUT2D eigenvalue weighted by atomic mass is 9.93. The Morgan fingerprint density at radius 2 is 0.958 bits per heavy atom. The summed E-state index contributed by atoms with van der Waals surface area (Å²) < 4.78 is 6.46. The highest BCUT2D eigenvalue weighted by Crippen LogP contribution is 2.48. The fourth-order valence-electron chi connectivity index (χ4n) is 7.65. The van der Waals surface area contributed by atoms with Gasteiger partial charge in [0.1, 0.15) is 11.2 Å². The zero-order valence-corrected chi connectivity index (χ0v) is 26.1. The van der Waals surface area contributed by atoms with E-state index in [1.165, 1.54) is 54.2 Å². The van der Waals surface area contributed by atoms with Crippen LogP contribution in [0.15, 0.2) is 180 Å². The largest absolute Gasteiger partial charge is 0.456 e. The number of furan rings is 1. The summed E-state index contributed by atoms with van der Waals surface area (Å²) in [5.41, 5.74) is 7.46. The van der Waals surface area contributed by atoms with Gasteiger partial charge in [-0.05, 0) is 79.7 Å². The van der Waals surface area contributed by atoms with Gasteiger partial charge in [0.25, 0.3) is 0 Å². The highest BCUT2D eigenvalue weighted by Gasteiger charge is 2.22. The minimum Gasteiger partial charge on any atom is -0.456 e. The molecular formula is C46H29NO. The molecule has 0 aliphatic rings. The highest BCUT2D eigenvalue weighted by molar-refractivity contribution is 6.25. The van der Waals surface area contributed by atoms with Crippen LogP contribution in [0.25, 0.3) is 76.2 Å². The monoisotopic (exact) mass is 611 g/mol. The summed E-state index contributed by atoms with van der Waals surface area (Å²) in [5.74, 6) is 0. The molecule has 2 nitrogen and oxygen atoms in total. The number of anilines is 3. The molecule has 0 atom stereocenters. The van der Waals surface area contributed by atoms with E-state index in [1.807, 2.05) is 0 Å². The van der Waals surface area contributed by atoms with Gasteiger partial charge >= 0.3 is 0 Å². The van der Waals surface area contributed by atoms with E-state index in [2.05, 4.69) is 181 Å². The van der Waals surface area contributed by atoms with Crippen LogP contribution >= 0.6 is 0 Å². The first-order valence-electron chi connectivity index (χ1n) is 16.4. The van der Waals surface area contributed by atoms with Gasteiger partial charge in [0.2, 0.25) is 0 Å². The van der Waals surface area contributed by atoms with Crippen LogP contribution in [0.4, 0.5) is 17.1 Å². The van der Waals surface area contributed by atoms with E-state index >= 15 is 0 Å². The molecule has 2 heteroatoms. The number of hydrogen-bond donors (Lipinski definition) is 0. The smallest absolute Gasteiger partial charge is 0.136 e. The first kappa shape index (κ1) is 26.8. The molecule has 0 N–H and O–H groups in total. The molecule has 224 valence electrons. The molecule has 0 fully saturated rings. The van der Waals surface area contributed by atoms with Gasteiger partial charge in [-0.1, -0.05) is 140 Å². The third kappa shape index (κ3) is 4.06. The maximum Gasteiger partial charge on any atom is 0.136 e. The number of rotatable bonds is 4. The molecule has 48 heavy (non-hydrogen) atoms. The Balaban J connectivity index is 1.34. The predicted octanol–water partition coefficient (Wildman–Crippen LogP) is 13.3. The number of nitrogens with zero attached hydrogens (tertiary/aromatic N) is 1. The van der Waals surface area contributed by atoms with E-state index in [4.69, 9.17) is 4.42 Å². The topological polar surface area (TPSA) is 16.4 Å². The molecule has 0 unspecified atom stereocenters. The van der Waals surface area contributed by atoms with E-state index in [-0.39, 0.29) is 0 Å². The van der Waals surface area contributed by atoms with Crippen LogP contribution < -0.4 is 4.90 Å². The Morgan fingerprint density at radius 1 is 0.354 bits per heavy atom. The molecule has 1 heterocycles. The summed E-state index contributed by atoms with van der Waals surface area (Å²) in [5, 5.41) is 12.1. The van der Waals surface area contributed by atoms with Crippen molar-refractivity contribution in [1.82, 2.24) is 0 Å². The molecule has 0 aliphatic heterocycles. The summed E-state index contributed by atoms with van der Waals surface area (Å²) in [4.78, 5) is 2.45. The Kier molecular flexibility index (Phi) is 5.91. The lowest BCUT2D eigenvalue weighted by Gasteiger charge is -2.30. The Hall–Kier alpha value is -6.38. The molecule has 0 aliphatic carbocycles. The van der Waals surface area contributed by atoms with Gasteiger partial charge in [0.15, 0.2) is 0 Å². The van der Waals surface area contributed by atoms with Gasteiger partial charge in [0, 0.05) is 27.4 Å². The van der Waals surface area contributed by atoms with Crippen LogP contribution in [0.2, 0.25) is 0 Å². The molecule has 0 saturated heterocycles. The molecule has 0 amide bonds. The van der Waals surface area contributed by atoms with E-state index in [0.717, 1.165) is 39.0 Å². The number of para-hydroxylation sites is 1. The molecule has 10 aromatic rings. The van der Waals surface area contributed by atoms with Crippen molar-refractivity contribution >= 4 is 82.1 Å².